The van der Waals surface area contributed by atoms with Crippen molar-refractivity contribution >= 4 is 27.6 Å². The monoisotopic (exact) mass is 940 g/mol. The average Bonchev–Trinajstić information content (AvgIpc) is 4.02. The zero-order chi connectivity index (χ0) is 47.0. The molecule has 14 nitrogen and oxygen atoms in total. The summed E-state index contributed by atoms with van der Waals surface area (Å²) < 4.78 is 53.5. The number of unbranched alkanes of at least 4 members (excludes halogenated alkanes) is 7. The van der Waals surface area contributed by atoms with Gasteiger partial charge in [-0.3, -0.25) is 23.2 Å². The molecule has 4 N–H and O–H groups in total. The number of aliphatic hydroxyl groups excluding tert-OH is 1. The SMILES string of the molecule is CCCCC/C=C\C/C=C\C/C=C\C/C=C\C/C=C\CCC(=O)O[C@H](COC(=O)CCC/C=C\CC1OC1C/C=C\C/C=C\CCCCC)COP(=O)(O)OC[C@@H](O)COP(=O)(O)O. The minimum atomic E-state index is -4.88. The van der Waals surface area contributed by atoms with Gasteiger partial charge < -0.3 is 34.0 Å². The van der Waals surface area contributed by atoms with E-state index in [0.717, 1.165) is 51.4 Å². The van der Waals surface area contributed by atoms with Crippen molar-refractivity contribution in [2.75, 3.05) is 26.4 Å². The van der Waals surface area contributed by atoms with Crippen LogP contribution in [0.15, 0.2) is 97.2 Å². The molecule has 1 aliphatic rings. The normalized spacial score (nSPS) is 18.0. The van der Waals surface area contributed by atoms with Gasteiger partial charge in [0.15, 0.2) is 6.10 Å². The molecule has 0 radical (unpaired) electrons. The number of carbonyl (C=O) groups excluding carboxylic acids is 2. The average molecular weight is 941 g/mol. The van der Waals surface area contributed by atoms with E-state index in [1.165, 1.54) is 38.5 Å². The number of allylic oxidation sites excluding steroid dienone is 14. The van der Waals surface area contributed by atoms with Crippen LogP contribution in [0.25, 0.3) is 0 Å². The van der Waals surface area contributed by atoms with Crippen molar-refractivity contribution in [1.82, 2.24) is 0 Å². The Kier molecular flexibility index (Phi) is 36.1. The largest absolute Gasteiger partial charge is 0.472 e. The van der Waals surface area contributed by atoms with Gasteiger partial charge in [-0.15, -0.1) is 0 Å². The number of hydrogen-bond donors (Lipinski definition) is 4. The lowest BCUT2D eigenvalue weighted by Gasteiger charge is -2.20. The lowest BCUT2D eigenvalue weighted by Crippen LogP contribution is -2.29. The van der Waals surface area contributed by atoms with Crippen LogP contribution in [0.2, 0.25) is 0 Å². The highest BCUT2D eigenvalue weighted by Gasteiger charge is 2.36. The fourth-order valence-electron chi connectivity index (χ4n) is 5.72. The van der Waals surface area contributed by atoms with Crippen LogP contribution in [-0.4, -0.2) is 82.6 Å². The molecule has 0 spiro atoms. The molecule has 1 aliphatic heterocycles. The van der Waals surface area contributed by atoms with Gasteiger partial charge in [0.2, 0.25) is 0 Å². The number of ether oxygens (including phenoxy) is 3. The van der Waals surface area contributed by atoms with E-state index in [4.69, 9.17) is 28.5 Å². The first-order chi connectivity index (χ1) is 30.8. The van der Waals surface area contributed by atoms with E-state index in [1.807, 2.05) is 30.4 Å². The number of esters is 2. The Morgan fingerprint density at radius 2 is 0.969 bits per heavy atom. The summed E-state index contributed by atoms with van der Waals surface area (Å²) in [7, 11) is -9.74. The maximum atomic E-state index is 12.7. The first-order valence-corrected chi connectivity index (χ1v) is 26.1. The first kappa shape index (κ1) is 59.0. The summed E-state index contributed by atoms with van der Waals surface area (Å²) in [4.78, 5) is 52.8. The number of phosphoric acid groups is 2. The van der Waals surface area contributed by atoms with Crippen molar-refractivity contribution in [2.45, 2.75) is 167 Å². The number of carbonyl (C=O) groups is 2. The molecule has 3 unspecified atom stereocenters. The molecule has 0 saturated carbocycles. The highest BCUT2D eigenvalue weighted by atomic mass is 31.2. The molecule has 1 fully saturated rings. The van der Waals surface area contributed by atoms with Crippen molar-refractivity contribution in [3.63, 3.8) is 0 Å². The second-order valence-electron chi connectivity index (χ2n) is 15.4. The van der Waals surface area contributed by atoms with Crippen molar-refractivity contribution in [1.29, 1.82) is 0 Å². The smallest absolute Gasteiger partial charge is 0.462 e. The Bertz CT molecular complexity index is 1560. The van der Waals surface area contributed by atoms with Crippen LogP contribution < -0.4 is 0 Å². The van der Waals surface area contributed by atoms with Crippen LogP contribution in [0.3, 0.4) is 0 Å². The second kappa shape index (κ2) is 39.2. The number of epoxide rings is 1. The van der Waals surface area contributed by atoms with Gasteiger partial charge in [0.25, 0.3) is 0 Å². The van der Waals surface area contributed by atoms with Gasteiger partial charge in [0, 0.05) is 12.8 Å². The van der Waals surface area contributed by atoms with E-state index in [1.54, 1.807) is 0 Å². The quantitative estimate of drug-likeness (QED) is 0.0148. The summed E-state index contributed by atoms with van der Waals surface area (Å²) in [5.74, 6) is -1.21. The fraction of sp³-hybridized carbons (Fsp3) is 0.625. The Balaban J connectivity index is 2.45. The van der Waals surface area contributed by atoms with Crippen LogP contribution in [0.5, 0.6) is 0 Å². The summed E-state index contributed by atoms with van der Waals surface area (Å²) in [6, 6.07) is 0. The molecule has 0 amide bonds. The lowest BCUT2D eigenvalue weighted by atomic mass is 10.1. The van der Waals surface area contributed by atoms with Gasteiger partial charge in [-0.05, 0) is 89.9 Å². The molecular formula is C48H78O14P2. The first-order valence-electron chi connectivity index (χ1n) is 23.1. The van der Waals surface area contributed by atoms with E-state index in [0.29, 0.717) is 25.7 Å². The van der Waals surface area contributed by atoms with Crippen molar-refractivity contribution in [3.8, 4) is 0 Å². The molecule has 16 heteroatoms. The third-order valence-electron chi connectivity index (χ3n) is 9.35. The minimum absolute atomic E-state index is 0.0128. The summed E-state index contributed by atoms with van der Waals surface area (Å²) in [5, 5.41) is 9.76. The molecule has 364 valence electrons. The lowest BCUT2D eigenvalue weighted by molar-refractivity contribution is -0.161. The topological polar surface area (TPSA) is 208 Å². The highest BCUT2D eigenvalue weighted by molar-refractivity contribution is 7.47. The van der Waals surface area contributed by atoms with E-state index >= 15 is 0 Å². The predicted octanol–water partition coefficient (Wildman–Crippen LogP) is 11.1. The molecule has 0 bridgehead atoms. The number of aliphatic hydroxyl groups is 1. The Hall–Kier alpha value is -3.00. The predicted molar refractivity (Wildman–Crippen MR) is 252 cm³/mol. The summed E-state index contributed by atoms with van der Waals surface area (Å²) in [6.07, 6.45) is 48.7. The number of hydrogen-bond acceptors (Lipinski definition) is 11. The van der Waals surface area contributed by atoms with Crippen LogP contribution in [0.4, 0.5) is 0 Å². The molecular weight excluding hydrogens is 862 g/mol. The van der Waals surface area contributed by atoms with Gasteiger partial charge >= 0.3 is 27.6 Å². The molecule has 5 atom stereocenters. The van der Waals surface area contributed by atoms with E-state index in [9.17, 15) is 28.7 Å². The van der Waals surface area contributed by atoms with Crippen molar-refractivity contribution in [3.05, 3.63) is 97.2 Å². The van der Waals surface area contributed by atoms with Gasteiger partial charge in [0.1, 0.15) is 12.7 Å². The Morgan fingerprint density at radius 3 is 1.50 bits per heavy atom. The zero-order valence-corrected chi connectivity index (χ0v) is 40.1. The molecule has 1 saturated heterocycles. The number of rotatable bonds is 41. The molecule has 64 heavy (non-hydrogen) atoms. The van der Waals surface area contributed by atoms with Crippen LogP contribution in [-0.2, 0) is 46.5 Å². The van der Waals surface area contributed by atoms with Crippen molar-refractivity contribution < 1.29 is 66.3 Å². The summed E-state index contributed by atoms with van der Waals surface area (Å²) in [6.45, 7) is 1.53. The molecule has 0 aliphatic carbocycles. The number of phosphoric ester groups is 2. The minimum Gasteiger partial charge on any atom is -0.462 e. The Morgan fingerprint density at radius 1 is 0.531 bits per heavy atom. The van der Waals surface area contributed by atoms with Crippen molar-refractivity contribution in [2.24, 2.45) is 0 Å². The third-order valence-corrected chi connectivity index (χ3v) is 10.8. The molecule has 0 aromatic carbocycles. The molecule has 0 aromatic rings. The summed E-state index contributed by atoms with van der Waals surface area (Å²) in [5.41, 5.74) is 0. The maximum Gasteiger partial charge on any atom is 0.472 e. The van der Waals surface area contributed by atoms with Gasteiger partial charge in [-0.25, -0.2) is 9.13 Å². The van der Waals surface area contributed by atoms with Crippen LogP contribution in [0, 0.1) is 0 Å². The highest BCUT2D eigenvalue weighted by Crippen LogP contribution is 2.44. The fourth-order valence-corrected chi connectivity index (χ4v) is 6.87. The van der Waals surface area contributed by atoms with Gasteiger partial charge in [-0.1, -0.05) is 137 Å². The molecule has 1 heterocycles. The molecule has 1 rings (SSSR count). The van der Waals surface area contributed by atoms with Gasteiger partial charge in [-0.2, -0.15) is 0 Å². The van der Waals surface area contributed by atoms with Gasteiger partial charge in [0.05, 0.1) is 32.0 Å². The van der Waals surface area contributed by atoms with E-state index in [2.05, 4.69) is 89.7 Å². The van der Waals surface area contributed by atoms with Crippen LogP contribution >= 0.6 is 15.6 Å². The Labute approximate surface area is 383 Å². The second-order valence-corrected chi connectivity index (χ2v) is 18.0. The zero-order valence-electron chi connectivity index (χ0n) is 38.3. The molecule has 0 aromatic heterocycles. The van der Waals surface area contributed by atoms with E-state index in [-0.39, 0.29) is 25.0 Å². The third kappa shape index (κ3) is 39.4. The van der Waals surface area contributed by atoms with E-state index < -0.39 is 66.2 Å². The van der Waals surface area contributed by atoms with Crippen LogP contribution in [0.1, 0.15) is 142 Å². The standard InChI is InChI=1S/C48H78O14P2/c1-3-5-7-9-11-13-14-15-16-17-18-19-20-21-22-24-26-28-34-38-48(51)61-44(42-60-64(55,56)59-40-43(49)39-58-63(52,53)54)41-57-47(50)37-33-30-29-32-36-46-45(62-46)35-31-27-25-23-12-10-8-6-4-2/h11-13,15-16,18-19,21-23,26-29,31-32,43-46,49H,3-10,14,17,20,24-25,30,33-42H2,1-2H3,(H,55,56)(H2,52,53,54)/b13-11-,16-15-,19-18-,22-21-,23-12-,28-26-,31-27-,32-29-/t43-,44+,45?,46?/m0/s1. The summed E-state index contributed by atoms with van der Waals surface area (Å²) >= 11 is 0. The maximum absolute atomic E-state index is 12.7.